The van der Waals surface area contributed by atoms with E-state index in [-0.39, 0.29) is 12.5 Å². The molecular formula is C21H20N2O4. The third-order valence-corrected chi connectivity index (χ3v) is 4.75. The third kappa shape index (κ3) is 3.65. The number of fused-ring (bicyclic) bond motifs is 3. The number of hydrogen-bond acceptors (Lipinski definition) is 4. The summed E-state index contributed by atoms with van der Waals surface area (Å²) in [5, 5.41) is 3.80. The van der Waals surface area contributed by atoms with E-state index in [1.54, 1.807) is 24.3 Å². The summed E-state index contributed by atoms with van der Waals surface area (Å²) in [6.07, 6.45) is 4.34. The summed E-state index contributed by atoms with van der Waals surface area (Å²) in [5.41, 5.74) is 8.30. The molecular weight excluding hydrogens is 344 g/mol. The predicted molar refractivity (Wildman–Crippen MR) is 102 cm³/mol. The first-order valence-corrected chi connectivity index (χ1v) is 8.97. The van der Waals surface area contributed by atoms with Gasteiger partial charge in [-0.05, 0) is 61.7 Å². The van der Waals surface area contributed by atoms with Crippen molar-refractivity contribution in [3.63, 3.8) is 0 Å². The maximum Gasteiger partial charge on any atom is 0.262 e. The minimum atomic E-state index is -0.506. The second-order valence-corrected chi connectivity index (χ2v) is 6.65. The summed E-state index contributed by atoms with van der Waals surface area (Å²) in [7, 11) is 0. The van der Waals surface area contributed by atoms with Crippen LogP contribution >= 0.6 is 0 Å². The zero-order valence-corrected chi connectivity index (χ0v) is 14.8. The van der Waals surface area contributed by atoms with Crippen LogP contribution in [0, 0.1) is 0 Å². The van der Waals surface area contributed by atoms with Gasteiger partial charge in [0.25, 0.3) is 5.91 Å². The Labute approximate surface area is 156 Å². The number of nitrogens with two attached hydrogens (primary N) is 1. The molecule has 2 amide bonds. The second-order valence-electron chi connectivity index (χ2n) is 6.65. The molecule has 138 valence electrons. The maximum absolute atomic E-state index is 12.1. The molecule has 1 aliphatic rings. The standard InChI is InChI=1S/C21H20N2O4/c22-21(25)13-5-7-14(8-6-13)23-20(24)12-26-15-9-10-19-17(11-15)16-3-1-2-4-18(16)27-19/h5-11H,1-4,12H2,(H2,22,25)(H,23,24). The molecule has 4 rings (SSSR count). The fourth-order valence-corrected chi connectivity index (χ4v) is 3.40. The summed E-state index contributed by atoms with van der Waals surface area (Å²) in [5.74, 6) is 0.922. The van der Waals surface area contributed by atoms with Gasteiger partial charge in [-0.25, -0.2) is 0 Å². The zero-order valence-electron chi connectivity index (χ0n) is 14.8. The van der Waals surface area contributed by atoms with Gasteiger partial charge >= 0.3 is 0 Å². The van der Waals surface area contributed by atoms with E-state index in [9.17, 15) is 9.59 Å². The van der Waals surface area contributed by atoms with Gasteiger partial charge in [0, 0.05) is 28.6 Å². The number of rotatable bonds is 5. The van der Waals surface area contributed by atoms with E-state index in [0.29, 0.717) is 17.0 Å². The summed E-state index contributed by atoms with van der Waals surface area (Å²) in [6.45, 7) is -0.108. The summed E-state index contributed by atoms with van der Waals surface area (Å²) in [6, 6.07) is 12.0. The van der Waals surface area contributed by atoms with E-state index in [4.69, 9.17) is 14.9 Å². The number of primary amides is 1. The molecule has 0 radical (unpaired) electrons. The van der Waals surface area contributed by atoms with Gasteiger partial charge in [-0.1, -0.05) is 0 Å². The number of hydrogen-bond donors (Lipinski definition) is 2. The Morgan fingerprint density at radius 3 is 2.63 bits per heavy atom. The van der Waals surface area contributed by atoms with Gasteiger partial charge < -0.3 is 20.2 Å². The molecule has 0 bridgehead atoms. The summed E-state index contributed by atoms with van der Waals surface area (Å²) in [4.78, 5) is 23.2. The van der Waals surface area contributed by atoms with Crippen LogP contribution in [0.25, 0.3) is 11.0 Å². The van der Waals surface area contributed by atoms with E-state index in [0.717, 1.165) is 36.0 Å². The van der Waals surface area contributed by atoms with Crippen molar-refractivity contribution in [2.75, 3.05) is 11.9 Å². The van der Waals surface area contributed by atoms with Crippen molar-refractivity contribution in [2.24, 2.45) is 5.73 Å². The Kier molecular flexibility index (Phi) is 4.54. The van der Waals surface area contributed by atoms with E-state index in [1.807, 2.05) is 18.2 Å². The molecule has 1 aromatic heterocycles. The number of aryl methyl sites for hydroxylation is 2. The summed E-state index contributed by atoms with van der Waals surface area (Å²) >= 11 is 0. The molecule has 0 atom stereocenters. The minimum absolute atomic E-state index is 0.108. The highest BCUT2D eigenvalue weighted by atomic mass is 16.5. The number of nitrogens with one attached hydrogen (secondary N) is 1. The van der Waals surface area contributed by atoms with Crippen LogP contribution in [0.2, 0.25) is 0 Å². The van der Waals surface area contributed by atoms with Gasteiger partial charge in [0.05, 0.1) is 0 Å². The summed E-state index contributed by atoms with van der Waals surface area (Å²) < 4.78 is 11.6. The Balaban J connectivity index is 1.40. The molecule has 3 N–H and O–H groups in total. The van der Waals surface area contributed by atoms with Crippen molar-refractivity contribution in [2.45, 2.75) is 25.7 Å². The SMILES string of the molecule is NC(=O)c1ccc(NC(=O)COc2ccc3oc4c(c3c2)CCCC4)cc1. The van der Waals surface area contributed by atoms with Crippen molar-refractivity contribution in [3.8, 4) is 5.75 Å². The Bertz CT molecular complexity index is 1000. The number of amides is 2. The van der Waals surface area contributed by atoms with E-state index in [2.05, 4.69) is 5.32 Å². The fraction of sp³-hybridized carbons (Fsp3) is 0.238. The van der Waals surface area contributed by atoms with Crippen LogP contribution < -0.4 is 15.8 Å². The van der Waals surface area contributed by atoms with E-state index < -0.39 is 5.91 Å². The molecule has 1 heterocycles. The van der Waals surface area contributed by atoms with Crippen LogP contribution in [0.15, 0.2) is 46.9 Å². The molecule has 6 nitrogen and oxygen atoms in total. The van der Waals surface area contributed by atoms with Crippen LogP contribution in [-0.4, -0.2) is 18.4 Å². The molecule has 0 saturated heterocycles. The molecule has 0 unspecified atom stereocenters. The van der Waals surface area contributed by atoms with Gasteiger partial charge in [-0.3, -0.25) is 9.59 Å². The molecule has 0 saturated carbocycles. The van der Waals surface area contributed by atoms with Crippen LogP contribution in [0.4, 0.5) is 5.69 Å². The Hall–Kier alpha value is -3.28. The fourth-order valence-electron chi connectivity index (χ4n) is 3.40. The molecule has 6 heteroatoms. The van der Waals surface area contributed by atoms with Gasteiger partial charge in [0.15, 0.2) is 6.61 Å². The largest absolute Gasteiger partial charge is 0.484 e. The lowest BCUT2D eigenvalue weighted by atomic mass is 9.96. The highest BCUT2D eigenvalue weighted by Gasteiger charge is 2.18. The number of ether oxygens (including phenoxy) is 1. The number of anilines is 1. The molecule has 1 aliphatic carbocycles. The first-order chi connectivity index (χ1) is 13.1. The van der Waals surface area contributed by atoms with Gasteiger partial charge in [0.1, 0.15) is 17.1 Å². The molecule has 0 fully saturated rings. The topological polar surface area (TPSA) is 94.6 Å². The van der Waals surface area contributed by atoms with Crippen LogP contribution in [-0.2, 0) is 17.6 Å². The van der Waals surface area contributed by atoms with Crippen molar-refractivity contribution >= 4 is 28.5 Å². The molecule has 2 aromatic carbocycles. The van der Waals surface area contributed by atoms with Crippen LogP contribution in [0.5, 0.6) is 5.75 Å². The zero-order chi connectivity index (χ0) is 18.8. The third-order valence-electron chi connectivity index (χ3n) is 4.75. The smallest absolute Gasteiger partial charge is 0.262 e. The number of carbonyl (C=O) groups excluding carboxylic acids is 2. The first-order valence-electron chi connectivity index (χ1n) is 8.97. The number of benzene rings is 2. The molecule has 3 aromatic rings. The van der Waals surface area contributed by atoms with Crippen molar-refractivity contribution in [3.05, 3.63) is 59.4 Å². The predicted octanol–water partition coefficient (Wildman–Crippen LogP) is 3.43. The van der Waals surface area contributed by atoms with Crippen molar-refractivity contribution in [1.82, 2.24) is 0 Å². The number of carbonyl (C=O) groups is 2. The average molecular weight is 364 g/mol. The Morgan fingerprint density at radius 1 is 1.07 bits per heavy atom. The lowest BCUT2D eigenvalue weighted by Crippen LogP contribution is -2.20. The van der Waals surface area contributed by atoms with Crippen molar-refractivity contribution in [1.29, 1.82) is 0 Å². The highest BCUT2D eigenvalue weighted by molar-refractivity contribution is 5.95. The quantitative estimate of drug-likeness (QED) is 0.725. The lowest BCUT2D eigenvalue weighted by molar-refractivity contribution is -0.118. The maximum atomic E-state index is 12.1. The normalized spacial score (nSPS) is 13.2. The van der Waals surface area contributed by atoms with E-state index >= 15 is 0 Å². The second kappa shape index (κ2) is 7.15. The lowest BCUT2D eigenvalue weighted by Gasteiger charge is -2.09. The van der Waals surface area contributed by atoms with Gasteiger partial charge in [-0.15, -0.1) is 0 Å². The Morgan fingerprint density at radius 2 is 1.85 bits per heavy atom. The monoisotopic (exact) mass is 364 g/mol. The first kappa shape index (κ1) is 17.1. The molecule has 0 spiro atoms. The minimum Gasteiger partial charge on any atom is -0.484 e. The van der Waals surface area contributed by atoms with Crippen molar-refractivity contribution < 1.29 is 18.7 Å². The molecule has 27 heavy (non-hydrogen) atoms. The highest BCUT2D eigenvalue weighted by Crippen LogP contribution is 2.33. The van der Waals surface area contributed by atoms with Gasteiger partial charge in [-0.2, -0.15) is 0 Å². The van der Waals surface area contributed by atoms with Crippen LogP contribution in [0.3, 0.4) is 0 Å². The number of furan rings is 1. The average Bonchev–Trinajstić information content (AvgIpc) is 3.05. The van der Waals surface area contributed by atoms with E-state index in [1.165, 1.54) is 12.0 Å². The molecule has 0 aliphatic heterocycles. The van der Waals surface area contributed by atoms with Crippen LogP contribution in [0.1, 0.15) is 34.5 Å². The van der Waals surface area contributed by atoms with Gasteiger partial charge in [0.2, 0.25) is 5.91 Å².